The SMILES string of the molecule is C#Cc1c(F)ccc2cc(O)cc(-c3nc(OC)c4c(N5CCOC[C@@](C)(O)C5)nc(OC[C@]56CCC[C@H]5N(CC5CC(OC)C5)C[C@@H](F)C6)nc4c3F)c12. The molecule has 2 saturated heterocycles. The third-order valence-corrected chi connectivity index (χ3v) is 12.0. The van der Waals surface area contributed by atoms with Crippen LogP contribution in [0.15, 0.2) is 24.3 Å². The van der Waals surface area contributed by atoms with Crippen molar-refractivity contribution >= 4 is 27.5 Å². The van der Waals surface area contributed by atoms with Gasteiger partial charge in [-0.25, -0.2) is 18.2 Å². The van der Waals surface area contributed by atoms with Gasteiger partial charge >= 0.3 is 6.01 Å². The van der Waals surface area contributed by atoms with E-state index in [1.54, 1.807) is 18.9 Å². The van der Waals surface area contributed by atoms with Gasteiger partial charge in [0.2, 0.25) is 5.88 Å². The molecule has 4 atom stereocenters. The van der Waals surface area contributed by atoms with Gasteiger partial charge in [-0.1, -0.05) is 18.4 Å². The van der Waals surface area contributed by atoms with Crippen LogP contribution in [0, 0.1) is 35.3 Å². The third-order valence-electron chi connectivity index (χ3n) is 12.0. The van der Waals surface area contributed by atoms with Crippen LogP contribution in [0.5, 0.6) is 17.6 Å². The van der Waals surface area contributed by atoms with E-state index in [9.17, 15) is 10.2 Å². The fraction of sp³-hybridized carbons (Fsp3) is 0.537. The minimum absolute atomic E-state index is 0.0288. The molecular formula is C41H46F3N5O6. The van der Waals surface area contributed by atoms with Crippen molar-refractivity contribution in [2.24, 2.45) is 11.3 Å². The Bertz CT molecular complexity index is 2160. The average Bonchev–Trinajstić information content (AvgIpc) is 3.48. The maximum Gasteiger partial charge on any atom is 0.319 e. The van der Waals surface area contributed by atoms with Crippen LogP contribution < -0.4 is 14.4 Å². The predicted molar refractivity (Wildman–Crippen MR) is 200 cm³/mol. The fourth-order valence-corrected chi connectivity index (χ4v) is 9.46. The van der Waals surface area contributed by atoms with E-state index < -0.39 is 28.8 Å². The number of rotatable bonds is 9. The number of phenols is 1. The first kappa shape index (κ1) is 37.5. The summed E-state index contributed by atoms with van der Waals surface area (Å²) >= 11 is 0. The second-order valence-corrected chi connectivity index (χ2v) is 16.0. The molecule has 4 aromatic rings. The molecule has 4 fully saturated rings. The highest BCUT2D eigenvalue weighted by atomic mass is 19.1. The van der Waals surface area contributed by atoms with Gasteiger partial charge in [0.15, 0.2) is 5.82 Å². The van der Waals surface area contributed by atoms with Crippen LogP contribution in [0.3, 0.4) is 0 Å². The first-order valence-electron chi connectivity index (χ1n) is 18.9. The number of aromatic nitrogens is 3. The van der Waals surface area contributed by atoms with Gasteiger partial charge in [-0.15, -0.1) is 6.42 Å². The molecule has 14 heteroatoms. The molecule has 0 amide bonds. The van der Waals surface area contributed by atoms with Gasteiger partial charge in [-0.05, 0) is 68.5 Å². The monoisotopic (exact) mass is 761 g/mol. The Hall–Kier alpha value is -4.42. The van der Waals surface area contributed by atoms with Crippen LogP contribution in [0.2, 0.25) is 0 Å². The summed E-state index contributed by atoms with van der Waals surface area (Å²) in [5, 5.41) is 22.5. The van der Waals surface area contributed by atoms with E-state index in [0.29, 0.717) is 24.3 Å². The molecule has 0 unspecified atom stereocenters. The predicted octanol–water partition coefficient (Wildman–Crippen LogP) is 5.79. The van der Waals surface area contributed by atoms with Crippen LogP contribution in [0.1, 0.15) is 51.0 Å². The molecule has 2 aliphatic carbocycles. The lowest BCUT2D eigenvalue weighted by molar-refractivity contribution is -0.0656. The Balaban J connectivity index is 1.24. The van der Waals surface area contributed by atoms with Crippen LogP contribution in [-0.2, 0) is 9.47 Å². The van der Waals surface area contributed by atoms with E-state index >= 15 is 13.2 Å². The number of β-amino-alcohol motifs (C(OH)–C–C–N with tert-alkyl or cyclic N) is 1. The lowest BCUT2D eigenvalue weighted by Gasteiger charge is -2.49. The number of hydrogen-bond donors (Lipinski definition) is 2. The summed E-state index contributed by atoms with van der Waals surface area (Å²) in [6.45, 7) is 3.60. The Morgan fingerprint density at radius 1 is 1.13 bits per heavy atom. The summed E-state index contributed by atoms with van der Waals surface area (Å²) in [5.74, 6) is 1.12. The van der Waals surface area contributed by atoms with Crippen LogP contribution in [0.25, 0.3) is 32.9 Å². The number of aromatic hydroxyl groups is 1. The number of benzene rings is 2. The minimum Gasteiger partial charge on any atom is -0.508 e. The molecule has 0 radical (unpaired) electrons. The zero-order valence-electron chi connectivity index (χ0n) is 31.3. The Kier molecular flexibility index (Phi) is 9.94. The molecule has 4 heterocycles. The number of likely N-dealkylation sites (tertiary alicyclic amines) is 1. The maximum absolute atomic E-state index is 17.3. The number of piperidine rings is 1. The number of anilines is 1. The second kappa shape index (κ2) is 14.6. The molecule has 2 N–H and O–H groups in total. The summed E-state index contributed by atoms with van der Waals surface area (Å²) in [5.41, 5.74) is -2.39. The number of pyridine rings is 1. The van der Waals surface area contributed by atoms with Gasteiger partial charge in [0.25, 0.3) is 0 Å². The molecule has 2 aliphatic heterocycles. The van der Waals surface area contributed by atoms with Crippen LogP contribution >= 0.6 is 0 Å². The number of ether oxygens (including phenoxy) is 4. The molecular weight excluding hydrogens is 715 g/mol. The lowest BCUT2D eigenvalue weighted by Crippen LogP contribution is -2.57. The molecule has 2 aromatic heterocycles. The van der Waals surface area contributed by atoms with Gasteiger partial charge in [0, 0.05) is 49.2 Å². The Morgan fingerprint density at radius 2 is 1.95 bits per heavy atom. The first-order chi connectivity index (χ1) is 26.4. The standard InChI is InChI=1S/C41H46F3N5O6/c1-5-28-30(43)9-8-24-15-26(50)16-29(32(24)28)35-34(44)36-33(38(45-35)53-4)37(48-11-12-54-21-40(2,51)20-48)47-39(46-36)55-22-41-10-6-7-31(41)49(19-25(42)17-41)18-23-13-27(14-23)52-3/h1,8-9,15-16,23,25,27,31,50-51H,6-7,10-14,17-22H2,2-4H3/t23?,25-,27?,31+,40-,41+/m0/s1. The Labute approximate surface area is 317 Å². The number of terminal acetylenes is 1. The van der Waals surface area contributed by atoms with E-state index in [1.807, 2.05) is 0 Å². The number of methoxy groups -OCH3 is 2. The second-order valence-electron chi connectivity index (χ2n) is 16.0. The van der Waals surface area contributed by atoms with E-state index in [-0.39, 0.29) is 102 Å². The number of phenolic OH excluding ortho intramolecular Hbond substituents is 1. The summed E-state index contributed by atoms with van der Waals surface area (Å²) in [6.07, 6.45) is 9.84. The van der Waals surface area contributed by atoms with Crippen molar-refractivity contribution in [1.82, 2.24) is 19.9 Å². The normalized spacial score (nSPS) is 28.4. The lowest BCUT2D eigenvalue weighted by atomic mass is 9.73. The van der Waals surface area contributed by atoms with Gasteiger partial charge in [0.05, 0.1) is 45.1 Å². The van der Waals surface area contributed by atoms with Crippen molar-refractivity contribution < 1.29 is 42.3 Å². The molecule has 11 nitrogen and oxygen atoms in total. The Morgan fingerprint density at radius 3 is 2.71 bits per heavy atom. The molecule has 55 heavy (non-hydrogen) atoms. The van der Waals surface area contributed by atoms with Crippen molar-refractivity contribution in [1.29, 1.82) is 0 Å². The summed E-state index contributed by atoms with van der Waals surface area (Å²) in [7, 11) is 3.10. The summed E-state index contributed by atoms with van der Waals surface area (Å²) in [4.78, 5) is 18.0. The molecule has 8 rings (SSSR count). The summed E-state index contributed by atoms with van der Waals surface area (Å²) in [6, 6.07) is 5.26. The van der Waals surface area contributed by atoms with E-state index in [2.05, 4.69) is 20.8 Å². The molecule has 4 aliphatic rings. The van der Waals surface area contributed by atoms with Crippen molar-refractivity contribution in [3.63, 3.8) is 0 Å². The molecule has 292 valence electrons. The number of hydrogen-bond acceptors (Lipinski definition) is 11. The van der Waals surface area contributed by atoms with Crippen molar-refractivity contribution in [3.8, 4) is 41.2 Å². The summed E-state index contributed by atoms with van der Waals surface area (Å²) < 4.78 is 71.4. The fourth-order valence-electron chi connectivity index (χ4n) is 9.46. The zero-order chi connectivity index (χ0) is 38.6. The highest BCUT2D eigenvalue weighted by Crippen LogP contribution is 2.50. The number of alkyl halides is 1. The zero-order valence-corrected chi connectivity index (χ0v) is 31.3. The molecule has 2 saturated carbocycles. The van der Waals surface area contributed by atoms with Gasteiger partial charge in [-0.3, -0.25) is 4.90 Å². The van der Waals surface area contributed by atoms with E-state index in [1.165, 1.54) is 31.4 Å². The highest BCUT2D eigenvalue weighted by molar-refractivity contribution is 6.04. The molecule has 2 aromatic carbocycles. The third kappa shape index (κ3) is 6.90. The topological polar surface area (TPSA) is 123 Å². The van der Waals surface area contributed by atoms with E-state index in [0.717, 1.165) is 38.6 Å². The van der Waals surface area contributed by atoms with Gasteiger partial charge in [-0.2, -0.15) is 9.97 Å². The largest absolute Gasteiger partial charge is 0.508 e. The highest BCUT2D eigenvalue weighted by Gasteiger charge is 2.52. The number of halogens is 3. The number of nitrogens with zero attached hydrogens (tertiary/aromatic N) is 5. The number of fused-ring (bicyclic) bond motifs is 3. The van der Waals surface area contributed by atoms with Gasteiger partial charge in [0.1, 0.15) is 45.8 Å². The molecule has 0 spiro atoms. The van der Waals surface area contributed by atoms with Crippen molar-refractivity contribution in [3.05, 3.63) is 41.5 Å². The van der Waals surface area contributed by atoms with Crippen LogP contribution in [0.4, 0.5) is 19.0 Å². The van der Waals surface area contributed by atoms with E-state index in [4.69, 9.17) is 30.4 Å². The van der Waals surface area contributed by atoms with Crippen molar-refractivity contribution in [2.75, 3.05) is 65.1 Å². The molecule has 0 bridgehead atoms. The van der Waals surface area contributed by atoms with Crippen LogP contribution in [-0.4, -0.2) is 114 Å². The number of aliphatic hydroxyl groups is 1. The van der Waals surface area contributed by atoms with Gasteiger partial charge < -0.3 is 34.1 Å². The van der Waals surface area contributed by atoms with Crippen molar-refractivity contribution in [2.45, 2.75) is 69.4 Å². The maximum atomic E-state index is 17.3. The quantitative estimate of drug-likeness (QED) is 0.202. The minimum atomic E-state index is -1.29. The first-order valence-corrected chi connectivity index (χ1v) is 18.9. The average molecular weight is 762 g/mol. The smallest absolute Gasteiger partial charge is 0.319 e.